The second-order valence-electron chi connectivity index (χ2n) is 3.22. The summed E-state index contributed by atoms with van der Waals surface area (Å²) in [6, 6.07) is 5.10. The SMILES string of the molecule is NCCCc1ccccc1S(=O)(=O)CF. The van der Waals surface area contributed by atoms with Gasteiger partial charge in [0.25, 0.3) is 0 Å². The smallest absolute Gasteiger partial charge is 0.207 e. The van der Waals surface area contributed by atoms with Gasteiger partial charge in [0, 0.05) is 0 Å². The minimum Gasteiger partial charge on any atom is -0.330 e. The molecule has 5 heteroatoms. The molecule has 84 valence electrons. The van der Waals surface area contributed by atoms with Gasteiger partial charge in [-0.05, 0) is 31.0 Å². The summed E-state index contributed by atoms with van der Waals surface area (Å²) < 4.78 is 35.1. The van der Waals surface area contributed by atoms with Crippen LogP contribution in [0.2, 0.25) is 0 Å². The first-order valence-electron chi connectivity index (χ1n) is 4.68. The van der Waals surface area contributed by atoms with Crippen molar-refractivity contribution in [3.05, 3.63) is 29.8 Å². The summed E-state index contributed by atoms with van der Waals surface area (Å²) >= 11 is 0. The summed E-state index contributed by atoms with van der Waals surface area (Å²) in [5.41, 5.74) is 5.98. The van der Waals surface area contributed by atoms with Crippen molar-refractivity contribution < 1.29 is 12.8 Å². The van der Waals surface area contributed by atoms with Crippen molar-refractivity contribution in [1.82, 2.24) is 0 Å². The lowest BCUT2D eigenvalue weighted by Crippen LogP contribution is -2.08. The molecule has 0 heterocycles. The molecule has 0 spiro atoms. The normalized spacial score (nSPS) is 11.6. The maximum absolute atomic E-state index is 12.3. The number of benzene rings is 1. The summed E-state index contributed by atoms with van der Waals surface area (Å²) in [5, 5.41) is 0. The monoisotopic (exact) mass is 231 g/mol. The minimum atomic E-state index is -3.77. The van der Waals surface area contributed by atoms with E-state index < -0.39 is 15.8 Å². The van der Waals surface area contributed by atoms with Crippen LogP contribution in [0.5, 0.6) is 0 Å². The van der Waals surface area contributed by atoms with E-state index in [0.29, 0.717) is 24.9 Å². The first kappa shape index (κ1) is 12.1. The van der Waals surface area contributed by atoms with E-state index in [9.17, 15) is 12.8 Å². The molecule has 1 aromatic rings. The molecule has 1 aromatic carbocycles. The van der Waals surface area contributed by atoms with Crippen LogP contribution >= 0.6 is 0 Å². The number of alkyl halides is 1. The fraction of sp³-hybridized carbons (Fsp3) is 0.400. The Bertz CT molecular complexity index is 417. The molecule has 0 saturated heterocycles. The van der Waals surface area contributed by atoms with Crippen molar-refractivity contribution in [3.63, 3.8) is 0 Å². The van der Waals surface area contributed by atoms with E-state index in [2.05, 4.69) is 0 Å². The number of halogens is 1. The van der Waals surface area contributed by atoms with Crippen LogP contribution in [0.4, 0.5) is 4.39 Å². The van der Waals surface area contributed by atoms with Crippen LogP contribution in [0.25, 0.3) is 0 Å². The van der Waals surface area contributed by atoms with E-state index in [4.69, 9.17) is 5.73 Å². The highest BCUT2D eigenvalue weighted by atomic mass is 32.2. The maximum Gasteiger partial charge on any atom is 0.207 e. The van der Waals surface area contributed by atoms with Gasteiger partial charge in [-0.25, -0.2) is 12.8 Å². The number of aryl methyl sites for hydroxylation is 1. The summed E-state index contributed by atoms with van der Waals surface area (Å²) in [7, 11) is -3.77. The molecule has 0 aliphatic heterocycles. The van der Waals surface area contributed by atoms with E-state index in [1.165, 1.54) is 6.07 Å². The second kappa shape index (κ2) is 5.23. The van der Waals surface area contributed by atoms with Crippen LogP contribution < -0.4 is 5.73 Å². The molecule has 0 amide bonds. The molecular weight excluding hydrogens is 217 g/mol. The second-order valence-corrected chi connectivity index (χ2v) is 5.11. The van der Waals surface area contributed by atoms with Crippen LogP contribution in [-0.4, -0.2) is 21.0 Å². The van der Waals surface area contributed by atoms with Crippen LogP contribution in [0, 0.1) is 0 Å². The molecule has 0 aliphatic carbocycles. The third-order valence-electron chi connectivity index (χ3n) is 2.10. The standard InChI is InChI=1S/C10H14FNO2S/c11-8-15(13,14)10-6-2-1-4-9(10)5-3-7-12/h1-2,4,6H,3,5,7-8,12H2. The third-order valence-corrected chi connectivity index (χ3v) is 3.46. The molecule has 0 bridgehead atoms. The van der Waals surface area contributed by atoms with E-state index in [0.717, 1.165) is 0 Å². The molecule has 15 heavy (non-hydrogen) atoms. The van der Waals surface area contributed by atoms with E-state index in [1.54, 1.807) is 18.2 Å². The van der Waals surface area contributed by atoms with Gasteiger partial charge in [0.1, 0.15) is 0 Å². The Morgan fingerprint density at radius 1 is 1.27 bits per heavy atom. The average molecular weight is 231 g/mol. The lowest BCUT2D eigenvalue weighted by atomic mass is 10.1. The van der Waals surface area contributed by atoms with Gasteiger partial charge in [0.15, 0.2) is 6.01 Å². The van der Waals surface area contributed by atoms with Gasteiger partial charge in [-0.1, -0.05) is 18.2 Å². The average Bonchev–Trinajstić information content (AvgIpc) is 2.26. The lowest BCUT2D eigenvalue weighted by Gasteiger charge is -2.07. The zero-order valence-electron chi connectivity index (χ0n) is 8.32. The summed E-state index contributed by atoms with van der Waals surface area (Å²) in [6.07, 6.45) is 1.25. The molecule has 0 radical (unpaired) electrons. The largest absolute Gasteiger partial charge is 0.330 e. The maximum atomic E-state index is 12.3. The van der Waals surface area contributed by atoms with Crippen molar-refractivity contribution >= 4 is 9.84 Å². The predicted molar refractivity (Wildman–Crippen MR) is 57.0 cm³/mol. The molecule has 0 aromatic heterocycles. The fourth-order valence-corrected chi connectivity index (χ4v) is 2.34. The molecule has 2 N–H and O–H groups in total. The molecule has 1 rings (SSSR count). The minimum absolute atomic E-state index is 0.0842. The van der Waals surface area contributed by atoms with Crippen molar-refractivity contribution in [2.24, 2.45) is 5.73 Å². The van der Waals surface area contributed by atoms with E-state index in [1.807, 2.05) is 0 Å². The quantitative estimate of drug-likeness (QED) is 0.830. The fourth-order valence-electron chi connectivity index (χ4n) is 1.37. The van der Waals surface area contributed by atoms with Crippen molar-refractivity contribution in [2.45, 2.75) is 17.7 Å². The first-order chi connectivity index (χ1) is 7.11. The molecule has 0 aliphatic rings. The summed E-state index contributed by atoms with van der Waals surface area (Å²) in [6.45, 7) is 0.490. The van der Waals surface area contributed by atoms with Crippen LogP contribution in [0.1, 0.15) is 12.0 Å². The zero-order valence-corrected chi connectivity index (χ0v) is 9.13. The molecule has 0 atom stereocenters. The third kappa shape index (κ3) is 3.00. The highest BCUT2D eigenvalue weighted by Gasteiger charge is 2.17. The topological polar surface area (TPSA) is 60.2 Å². The van der Waals surface area contributed by atoms with Gasteiger partial charge in [-0.3, -0.25) is 0 Å². The van der Waals surface area contributed by atoms with Crippen LogP contribution in [0.15, 0.2) is 29.2 Å². The number of hydrogen-bond acceptors (Lipinski definition) is 3. The van der Waals surface area contributed by atoms with E-state index >= 15 is 0 Å². The molecule has 0 saturated carbocycles. The van der Waals surface area contributed by atoms with Crippen molar-refractivity contribution in [2.75, 3.05) is 12.6 Å². The van der Waals surface area contributed by atoms with E-state index in [-0.39, 0.29) is 4.90 Å². The zero-order chi connectivity index (χ0) is 11.3. The number of hydrogen-bond donors (Lipinski definition) is 1. The molecular formula is C10H14FNO2S. The van der Waals surface area contributed by atoms with Crippen molar-refractivity contribution in [1.29, 1.82) is 0 Å². The van der Waals surface area contributed by atoms with Crippen LogP contribution in [-0.2, 0) is 16.3 Å². The van der Waals surface area contributed by atoms with Gasteiger partial charge in [-0.2, -0.15) is 0 Å². The Kier molecular flexibility index (Phi) is 4.23. The van der Waals surface area contributed by atoms with Gasteiger partial charge in [-0.15, -0.1) is 0 Å². The first-order valence-corrected chi connectivity index (χ1v) is 6.33. The highest BCUT2D eigenvalue weighted by molar-refractivity contribution is 7.91. The Balaban J connectivity index is 3.07. The molecule has 0 unspecified atom stereocenters. The molecule has 0 fully saturated rings. The Morgan fingerprint density at radius 2 is 1.93 bits per heavy atom. The lowest BCUT2D eigenvalue weighted by molar-refractivity contribution is 0.533. The number of sulfone groups is 1. The van der Waals surface area contributed by atoms with Gasteiger partial charge in [0.05, 0.1) is 4.90 Å². The van der Waals surface area contributed by atoms with Gasteiger partial charge in [0.2, 0.25) is 9.84 Å². The Morgan fingerprint density at radius 3 is 2.53 bits per heavy atom. The summed E-state index contributed by atoms with van der Waals surface area (Å²) in [5.74, 6) is 0. The predicted octanol–water partition coefficient (Wildman–Crippen LogP) is 1.28. The highest BCUT2D eigenvalue weighted by Crippen LogP contribution is 2.18. The molecule has 3 nitrogen and oxygen atoms in total. The van der Waals surface area contributed by atoms with Crippen molar-refractivity contribution in [3.8, 4) is 0 Å². The van der Waals surface area contributed by atoms with Gasteiger partial charge >= 0.3 is 0 Å². The van der Waals surface area contributed by atoms with Crippen LogP contribution in [0.3, 0.4) is 0 Å². The number of nitrogens with two attached hydrogens (primary N) is 1. The summed E-state index contributed by atoms with van der Waals surface area (Å²) in [4.78, 5) is 0.0842. The Labute approximate surface area is 89.0 Å². The van der Waals surface area contributed by atoms with Gasteiger partial charge < -0.3 is 5.73 Å². The number of rotatable bonds is 5. The Hall–Kier alpha value is -0.940.